The van der Waals surface area contributed by atoms with E-state index in [9.17, 15) is 0 Å². The average molecular weight is 243 g/mol. The van der Waals surface area contributed by atoms with Gasteiger partial charge in [-0.25, -0.2) is 0 Å². The Morgan fingerprint density at radius 3 is 2.75 bits per heavy atom. The van der Waals surface area contributed by atoms with Crippen LogP contribution in [0.4, 0.5) is 0 Å². The highest BCUT2D eigenvalue weighted by molar-refractivity contribution is 7.99. The number of likely N-dealkylation sites (N-methyl/N-ethyl adjacent to an activating group) is 1. The maximum absolute atomic E-state index is 3.51. The van der Waals surface area contributed by atoms with Crippen molar-refractivity contribution in [2.45, 2.75) is 24.1 Å². The van der Waals surface area contributed by atoms with E-state index in [1.807, 2.05) is 11.8 Å². The first-order chi connectivity index (χ1) is 7.81. The van der Waals surface area contributed by atoms with Crippen LogP contribution >= 0.6 is 11.8 Å². The Morgan fingerprint density at radius 1 is 1.31 bits per heavy atom. The summed E-state index contributed by atoms with van der Waals surface area (Å²) in [7, 11) is 2.29. The molecule has 0 aliphatic carbocycles. The lowest BCUT2D eigenvalue weighted by Gasteiger charge is -2.29. The van der Waals surface area contributed by atoms with Gasteiger partial charge in [0.25, 0.3) is 0 Å². The van der Waals surface area contributed by atoms with Crippen molar-refractivity contribution in [2.24, 2.45) is 0 Å². The molecule has 2 rings (SSSR count). The van der Waals surface area contributed by atoms with Crippen LogP contribution in [-0.2, 0) is 0 Å². The van der Waals surface area contributed by atoms with E-state index in [4.69, 9.17) is 0 Å². The van der Waals surface area contributed by atoms with Gasteiger partial charge >= 0.3 is 0 Å². The summed E-state index contributed by atoms with van der Waals surface area (Å²) in [5, 5.41) is 4.29. The van der Waals surface area contributed by atoms with Crippen molar-refractivity contribution in [1.29, 1.82) is 0 Å². The predicted octanol–water partition coefficient (Wildman–Crippen LogP) is 0.717. The second-order valence-corrected chi connectivity index (χ2v) is 6.11. The summed E-state index contributed by atoms with van der Waals surface area (Å²) in [4.78, 5) is 5.16. The van der Waals surface area contributed by atoms with Crippen LogP contribution in [-0.4, -0.2) is 73.7 Å². The lowest BCUT2D eigenvalue weighted by Crippen LogP contribution is -2.43. The molecule has 2 atom stereocenters. The minimum atomic E-state index is 0.734. The molecule has 0 radical (unpaired) electrons. The van der Waals surface area contributed by atoms with Crippen molar-refractivity contribution in [3.63, 3.8) is 0 Å². The van der Waals surface area contributed by atoms with Crippen molar-refractivity contribution in [1.82, 2.24) is 15.1 Å². The molecule has 2 aliphatic heterocycles. The maximum atomic E-state index is 3.51. The number of nitrogens with one attached hydrogen (secondary N) is 1. The standard InChI is InChI=1S/C12H25N3S/c1-14(7-8-15-5-3-4-6-15)11-9-13-10-12(11)16-2/h11-13H,3-10H2,1-2H3. The predicted molar refractivity (Wildman–Crippen MR) is 72.3 cm³/mol. The largest absolute Gasteiger partial charge is 0.314 e. The molecule has 0 spiro atoms. The van der Waals surface area contributed by atoms with Crippen LogP contribution in [0.3, 0.4) is 0 Å². The maximum Gasteiger partial charge on any atom is 0.0349 e. The fraction of sp³-hybridized carbons (Fsp3) is 1.00. The Kier molecular flexibility index (Phi) is 4.95. The zero-order valence-corrected chi connectivity index (χ0v) is 11.4. The molecule has 2 unspecified atom stereocenters. The molecule has 0 amide bonds. The Morgan fingerprint density at radius 2 is 2.06 bits per heavy atom. The van der Waals surface area contributed by atoms with Gasteiger partial charge in [-0.3, -0.25) is 4.90 Å². The first-order valence-corrected chi connectivity index (χ1v) is 7.76. The molecule has 2 saturated heterocycles. The smallest absolute Gasteiger partial charge is 0.0349 e. The van der Waals surface area contributed by atoms with Crippen molar-refractivity contribution in [3.8, 4) is 0 Å². The Balaban J connectivity index is 1.71. The van der Waals surface area contributed by atoms with Crippen LogP contribution in [0, 0.1) is 0 Å². The SMILES string of the molecule is CSC1CNCC1N(C)CCN1CCCC1. The van der Waals surface area contributed by atoms with E-state index in [2.05, 4.69) is 28.4 Å². The average Bonchev–Trinajstić information content (AvgIpc) is 2.96. The third-order valence-electron chi connectivity index (χ3n) is 3.96. The highest BCUT2D eigenvalue weighted by atomic mass is 32.2. The number of hydrogen-bond donors (Lipinski definition) is 1. The van der Waals surface area contributed by atoms with Gasteiger partial charge in [-0.05, 0) is 39.2 Å². The molecule has 2 heterocycles. The van der Waals surface area contributed by atoms with Crippen molar-refractivity contribution in [3.05, 3.63) is 0 Å². The Labute approximate surface area is 104 Å². The molecule has 2 aliphatic rings. The van der Waals surface area contributed by atoms with E-state index in [0.29, 0.717) is 0 Å². The van der Waals surface area contributed by atoms with Crippen LogP contribution in [0.25, 0.3) is 0 Å². The molecule has 0 aromatic heterocycles. The molecule has 1 N–H and O–H groups in total. The van der Waals surface area contributed by atoms with Gasteiger partial charge in [0.2, 0.25) is 0 Å². The van der Waals surface area contributed by atoms with Crippen molar-refractivity contribution >= 4 is 11.8 Å². The summed E-state index contributed by atoms with van der Waals surface area (Å²) >= 11 is 2.01. The Bertz CT molecular complexity index is 206. The molecule has 2 fully saturated rings. The van der Waals surface area contributed by atoms with Gasteiger partial charge in [-0.15, -0.1) is 0 Å². The fourth-order valence-electron chi connectivity index (χ4n) is 2.79. The van der Waals surface area contributed by atoms with Crippen LogP contribution in [0.1, 0.15) is 12.8 Å². The number of nitrogens with zero attached hydrogens (tertiary/aromatic N) is 2. The van der Waals surface area contributed by atoms with Gasteiger partial charge in [0.1, 0.15) is 0 Å². The topological polar surface area (TPSA) is 18.5 Å². The summed E-state index contributed by atoms with van der Waals surface area (Å²) in [6, 6.07) is 0.734. The van der Waals surface area contributed by atoms with E-state index in [1.165, 1.54) is 52.1 Å². The van der Waals surface area contributed by atoms with E-state index in [-0.39, 0.29) is 0 Å². The minimum Gasteiger partial charge on any atom is -0.314 e. The molecule has 0 aromatic carbocycles. The van der Waals surface area contributed by atoms with Crippen LogP contribution in [0.2, 0.25) is 0 Å². The highest BCUT2D eigenvalue weighted by Gasteiger charge is 2.29. The third-order valence-corrected chi connectivity index (χ3v) is 5.05. The molecular formula is C12H25N3S. The molecule has 0 aromatic rings. The monoisotopic (exact) mass is 243 g/mol. The van der Waals surface area contributed by atoms with Gasteiger partial charge < -0.3 is 10.2 Å². The van der Waals surface area contributed by atoms with Gasteiger partial charge in [0.15, 0.2) is 0 Å². The third kappa shape index (κ3) is 3.13. The zero-order chi connectivity index (χ0) is 11.4. The molecular weight excluding hydrogens is 218 g/mol. The molecule has 94 valence electrons. The van der Waals surface area contributed by atoms with Crippen LogP contribution < -0.4 is 5.32 Å². The summed E-state index contributed by atoms with van der Waals surface area (Å²) in [5.41, 5.74) is 0. The van der Waals surface area contributed by atoms with Gasteiger partial charge in [-0.1, -0.05) is 0 Å². The van der Waals surface area contributed by atoms with E-state index >= 15 is 0 Å². The minimum absolute atomic E-state index is 0.734. The van der Waals surface area contributed by atoms with E-state index < -0.39 is 0 Å². The lowest BCUT2D eigenvalue weighted by molar-refractivity contribution is 0.217. The first-order valence-electron chi connectivity index (χ1n) is 6.47. The lowest BCUT2D eigenvalue weighted by atomic mass is 10.2. The summed E-state index contributed by atoms with van der Waals surface area (Å²) in [6.07, 6.45) is 5.04. The van der Waals surface area contributed by atoms with Crippen molar-refractivity contribution in [2.75, 3.05) is 52.6 Å². The Hall–Kier alpha value is 0.230. The molecule has 0 saturated carbocycles. The highest BCUT2D eigenvalue weighted by Crippen LogP contribution is 2.19. The van der Waals surface area contributed by atoms with Gasteiger partial charge in [-0.2, -0.15) is 11.8 Å². The molecule has 16 heavy (non-hydrogen) atoms. The molecule has 4 heteroatoms. The summed E-state index contributed by atoms with van der Waals surface area (Å²) in [6.45, 7) is 7.48. The quantitative estimate of drug-likeness (QED) is 0.766. The second kappa shape index (κ2) is 6.24. The van der Waals surface area contributed by atoms with Gasteiger partial charge in [0.05, 0.1) is 0 Å². The normalized spacial score (nSPS) is 31.7. The van der Waals surface area contributed by atoms with E-state index in [0.717, 1.165) is 11.3 Å². The number of thioether (sulfide) groups is 1. The van der Waals surface area contributed by atoms with Crippen LogP contribution in [0.15, 0.2) is 0 Å². The second-order valence-electron chi connectivity index (χ2n) is 5.03. The zero-order valence-electron chi connectivity index (χ0n) is 10.6. The van der Waals surface area contributed by atoms with E-state index in [1.54, 1.807) is 0 Å². The summed E-state index contributed by atoms with van der Waals surface area (Å²) in [5.74, 6) is 0. The van der Waals surface area contributed by atoms with Crippen molar-refractivity contribution < 1.29 is 0 Å². The number of rotatable bonds is 5. The fourth-order valence-corrected chi connectivity index (χ4v) is 3.69. The number of likely N-dealkylation sites (tertiary alicyclic amines) is 1. The first kappa shape index (κ1) is 12.7. The molecule has 0 bridgehead atoms. The summed E-state index contributed by atoms with van der Waals surface area (Å²) < 4.78 is 0. The number of hydrogen-bond acceptors (Lipinski definition) is 4. The van der Waals surface area contributed by atoms with Gasteiger partial charge in [0, 0.05) is 37.5 Å². The van der Waals surface area contributed by atoms with Crippen LogP contribution in [0.5, 0.6) is 0 Å². The molecule has 3 nitrogen and oxygen atoms in total.